The van der Waals surface area contributed by atoms with Crippen LogP contribution >= 0.6 is 0 Å². The van der Waals surface area contributed by atoms with Crippen LogP contribution in [-0.2, 0) is 9.59 Å². The van der Waals surface area contributed by atoms with Gasteiger partial charge in [0.15, 0.2) is 11.5 Å². The second-order valence-corrected chi connectivity index (χ2v) is 7.24. The standard InChI is InChI=1S/C19H22N4O4/c1-11-13(17(25)22-19(26)20-11)10-16(24)23-8-6-12(7-9-23)18-21-14-4-2-3-5-15(14)27-18/h2-5,11-13H,6-10H2,1H3,(H2,20,22,25,26). The maximum absolute atomic E-state index is 12.6. The number of hydrogen-bond donors (Lipinski definition) is 2. The van der Waals surface area contributed by atoms with Crippen LogP contribution in [0.2, 0.25) is 0 Å². The number of para-hydroxylation sites is 2. The first-order valence-corrected chi connectivity index (χ1v) is 9.26. The molecular weight excluding hydrogens is 348 g/mol. The van der Waals surface area contributed by atoms with Gasteiger partial charge in [-0.2, -0.15) is 0 Å². The van der Waals surface area contributed by atoms with Crippen LogP contribution in [0.4, 0.5) is 4.79 Å². The Kier molecular flexibility index (Phi) is 4.55. The number of fused-ring (bicyclic) bond motifs is 1. The summed E-state index contributed by atoms with van der Waals surface area (Å²) in [7, 11) is 0. The van der Waals surface area contributed by atoms with Gasteiger partial charge >= 0.3 is 6.03 Å². The van der Waals surface area contributed by atoms with Gasteiger partial charge in [0.1, 0.15) is 5.52 Å². The Morgan fingerprint density at radius 3 is 2.70 bits per heavy atom. The SMILES string of the molecule is CC1NC(=O)NC(=O)C1CC(=O)N1CCC(c2nc3ccccc3o2)CC1. The molecule has 0 radical (unpaired) electrons. The Bertz CT molecular complexity index is 852. The number of oxazole rings is 1. The van der Waals surface area contributed by atoms with Crippen molar-refractivity contribution in [2.24, 2.45) is 5.92 Å². The molecule has 4 rings (SSSR count). The van der Waals surface area contributed by atoms with Crippen LogP contribution in [0.15, 0.2) is 28.7 Å². The lowest BCUT2D eigenvalue weighted by atomic mass is 9.92. The van der Waals surface area contributed by atoms with Gasteiger partial charge in [-0.15, -0.1) is 0 Å². The Balaban J connectivity index is 1.35. The van der Waals surface area contributed by atoms with Crippen LogP contribution < -0.4 is 10.6 Å². The minimum atomic E-state index is -0.537. The quantitative estimate of drug-likeness (QED) is 0.857. The molecule has 2 unspecified atom stereocenters. The highest BCUT2D eigenvalue weighted by Gasteiger charge is 2.36. The van der Waals surface area contributed by atoms with Gasteiger partial charge in [-0.3, -0.25) is 14.9 Å². The topological polar surface area (TPSA) is 105 Å². The summed E-state index contributed by atoms with van der Waals surface area (Å²) in [5, 5.41) is 4.88. The molecule has 2 aliphatic heterocycles. The first kappa shape index (κ1) is 17.5. The second-order valence-electron chi connectivity index (χ2n) is 7.24. The van der Waals surface area contributed by atoms with Crippen LogP contribution in [0, 0.1) is 5.92 Å². The van der Waals surface area contributed by atoms with Crippen molar-refractivity contribution >= 4 is 28.9 Å². The smallest absolute Gasteiger partial charge is 0.321 e. The number of hydrogen-bond acceptors (Lipinski definition) is 5. The number of imide groups is 1. The summed E-state index contributed by atoms with van der Waals surface area (Å²) < 4.78 is 5.86. The number of urea groups is 1. The molecule has 0 saturated carbocycles. The molecule has 27 heavy (non-hydrogen) atoms. The zero-order valence-electron chi connectivity index (χ0n) is 15.1. The van der Waals surface area contributed by atoms with E-state index in [2.05, 4.69) is 15.6 Å². The van der Waals surface area contributed by atoms with Crippen LogP contribution in [0.5, 0.6) is 0 Å². The lowest BCUT2D eigenvalue weighted by Crippen LogP contribution is -2.58. The molecule has 0 bridgehead atoms. The van der Waals surface area contributed by atoms with Crippen LogP contribution in [-0.4, -0.2) is 46.9 Å². The maximum Gasteiger partial charge on any atom is 0.321 e. The zero-order valence-corrected chi connectivity index (χ0v) is 15.1. The van der Waals surface area contributed by atoms with Crippen LogP contribution in [0.3, 0.4) is 0 Å². The molecule has 1 aromatic heterocycles. The first-order chi connectivity index (χ1) is 13.0. The molecule has 1 aromatic carbocycles. The molecule has 8 heteroatoms. The Hall–Kier alpha value is -2.90. The lowest BCUT2D eigenvalue weighted by Gasteiger charge is -2.33. The van der Waals surface area contributed by atoms with Crippen molar-refractivity contribution in [2.45, 2.75) is 38.1 Å². The van der Waals surface area contributed by atoms with Gasteiger partial charge in [0.25, 0.3) is 0 Å². The Morgan fingerprint density at radius 1 is 1.26 bits per heavy atom. The average molecular weight is 370 g/mol. The van der Waals surface area contributed by atoms with Gasteiger partial charge in [0.05, 0.1) is 5.92 Å². The number of likely N-dealkylation sites (tertiary alicyclic amines) is 1. The molecular formula is C19H22N4O4. The van der Waals surface area contributed by atoms with E-state index in [0.717, 1.165) is 29.8 Å². The van der Waals surface area contributed by atoms with Gasteiger partial charge in [0, 0.05) is 31.5 Å². The average Bonchev–Trinajstić information content (AvgIpc) is 3.09. The highest BCUT2D eigenvalue weighted by atomic mass is 16.3. The monoisotopic (exact) mass is 370 g/mol. The molecule has 142 valence electrons. The summed E-state index contributed by atoms with van der Waals surface area (Å²) >= 11 is 0. The van der Waals surface area contributed by atoms with Crippen LogP contribution in [0.25, 0.3) is 11.1 Å². The van der Waals surface area contributed by atoms with Crippen molar-refractivity contribution in [3.63, 3.8) is 0 Å². The van der Waals surface area contributed by atoms with Gasteiger partial charge in [-0.25, -0.2) is 9.78 Å². The minimum absolute atomic E-state index is 0.0610. The molecule has 2 fully saturated rings. The summed E-state index contributed by atoms with van der Waals surface area (Å²) in [6.45, 7) is 2.96. The van der Waals surface area contributed by atoms with Gasteiger partial charge in [-0.05, 0) is 31.9 Å². The van der Waals surface area contributed by atoms with Crippen molar-refractivity contribution in [2.75, 3.05) is 13.1 Å². The summed E-state index contributed by atoms with van der Waals surface area (Å²) in [6, 6.07) is 6.82. The fourth-order valence-electron chi connectivity index (χ4n) is 3.80. The molecule has 8 nitrogen and oxygen atoms in total. The van der Waals surface area contributed by atoms with E-state index < -0.39 is 11.9 Å². The van der Waals surface area contributed by atoms with Crippen LogP contribution in [0.1, 0.15) is 38.0 Å². The highest BCUT2D eigenvalue weighted by molar-refractivity contribution is 6.00. The number of rotatable bonds is 3. The van der Waals surface area contributed by atoms with Gasteiger partial charge < -0.3 is 14.6 Å². The number of benzene rings is 1. The highest BCUT2D eigenvalue weighted by Crippen LogP contribution is 2.30. The predicted octanol–water partition coefficient (Wildman–Crippen LogP) is 1.77. The second kappa shape index (κ2) is 7.02. The third kappa shape index (κ3) is 3.51. The molecule has 2 aliphatic rings. The maximum atomic E-state index is 12.6. The molecule has 2 aromatic rings. The third-order valence-electron chi connectivity index (χ3n) is 5.44. The number of nitrogens with zero attached hydrogens (tertiary/aromatic N) is 2. The Labute approximate surface area is 156 Å². The number of piperidine rings is 1. The number of amides is 4. The molecule has 3 heterocycles. The molecule has 2 N–H and O–H groups in total. The summed E-state index contributed by atoms with van der Waals surface area (Å²) in [6.07, 6.45) is 1.66. The van der Waals surface area contributed by atoms with E-state index in [1.807, 2.05) is 24.3 Å². The largest absolute Gasteiger partial charge is 0.440 e. The van der Waals surface area contributed by atoms with E-state index in [9.17, 15) is 14.4 Å². The fraction of sp³-hybridized carbons (Fsp3) is 0.474. The van der Waals surface area contributed by atoms with E-state index in [0.29, 0.717) is 13.1 Å². The third-order valence-corrected chi connectivity index (χ3v) is 5.44. The lowest BCUT2D eigenvalue weighted by molar-refractivity contribution is -0.137. The number of nitrogens with one attached hydrogen (secondary N) is 2. The van der Waals surface area contributed by atoms with E-state index >= 15 is 0 Å². The summed E-state index contributed by atoms with van der Waals surface area (Å²) in [5.74, 6) is -0.0657. The van der Waals surface area contributed by atoms with E-state index in [1.54, 1.807) is 11.8 Å². The molecule has 2 atom stereocenters. The molecule has 0 spiro atoms. The number of carbonyl (C=O) groups excluding carboxylic acids is 3. The molecule has 4 amide bonds. The molecule has 2 saturated heterocycles. The number of aromatic nitrogens is 1. The van der Waals surface area contributed by atoms with E-state index in [4.69, 9.17) is 4.42 Å². The molecule has 0 aliphatic carbocycles. The Morgan fingerprint density at radius 2 is 2.00 bits per heavy atom. The normalized spacial score (nSPS) is 24.0. The zero-order chi connectivity index (χ0) is 19.0. The van der Waals surface area contributed by atoms with Gasteiger partial charge in [-0.1, -0.05) is 12.1 Å². The summed E-state index contributed by atoms with van der Waals surface area (Å²) in [4.78, 5) is 42.3. The van der Waals surface area contributed by atoms with Crippen molar-refractivity contribution in [1.29, 1.82) is 0 Å². The summed E-state index contributed by atoms with van der Waals surface area (Å²) in [5.41, 5.74) is 1.63. The predicted molar refractivity (Wildman–Crippen MR) is 96.8 cm³/mol. The van der Waals surface area contributed by atoms with E-state index in [1.165, 1.54) is 0 Å². The number of carbonyl (C=O) groups is 3. The fourth-order valence-corrected chi connectivity index (χ4v) is 3.80. The van der Waals surface area contributed by atoms with Crippen molar-refractivity contribution in [1.82, 2.24) is 20.5 Å². The first-order valence-electron chi connectivity index (χ1n) is 9.26. The van der Waals surface area contributed by atoms with Crippen molar-refractivity contribution < 1.29 is 18.8 Å². The van der Waals surface area contributed by atoms with Crippen molar-refractivity contribution in [3.8, 4) is 0 Å². The van der Waals surface area contributed by atoms with E-state index in [-0.39, 0.29) is 30.2 Å². The minimum Gasteiger partial charge on any atom is -0.440 e. The van der Waals surface area contributed by atoms with Gasteiger partial charge in [0.2, 0.25) is 11.8 Å². The van der Waals surface area contributed by atoms with Crippen molar-refractivity contribution in [3.05, 3.63) is 30.2 Å².